The van der Waals surface area contributed by atoms with E-state index in [4.69, 9.17) is 18.0 Å². The zero-order valence-corrected chi connectivity index (χ0v) is 10.3. The third kappa shape index (κ3) is 2.42. The van der Waals surface area contributed by atoms with Crippen LogP contribution >= 0.6 is 28.1 Å². The predicted molar refractivity (Wildman–Crippen MR) is 64.7 cm³/mol. The van der Waals surface area contributed by atoms with Crippen LogP contribution in [0.25, 0.3) is 11.4 Å². The first-order chi connectivity index (χ1) is 7.54. The summed E-state index contributed by atoms with van der Waals surface area (Å²) < 4.78 is 13.9. The number of nitrogen functional groups attached to an aromatic ring is 1. The third-order valence-electron chi connectivity index (χ3n) is 1.81. The average Bonchev–Trinajstić information content (AvgIpc) is 2.14. The van der Waals surface area contributed by atoms with Gasteiger partial charge >= 0.3 is 0 Å². The molecule has 0 unspecified atom stereocenters. The van der Waals surface area contributed by atoms with Gasteiger partial charge < -0.3 is 10.7 Å². The molecule has 2 rings (SSSR count). The number of aromatic amines is 1. The van der Waals surface area contributed by atoms with Gasteiger partial charge in [-0.2, -0.15) is 4.98 Å². The molecule has 0 aliphatic carbocycles. The lowest BCUT2D eigenvalue weighted by atomic mass is 10.2. The van der Waals surface area contributed by atoms with Gasteiger partial charge in [-0.25, -0.2) is 9.37 Å². The van der Waals surface area contributed by atoms with Gasteiger partial charge in [0.25, 0.3) is 0 Å². The lowest BCUT2D eigenvalue weighted by Gasteiger charge is -2.03. The van der Waals surface area contributed by atoms with Crippen molar-refractivity contribution in [1.82, 2.24) is 15.0 Å². The normalized spacial score (nSPS) is 10.4. The molecular formula is C9H6BrFN4S. The summed E-state index contributed by atoms with van der Waals surface area (Å²) in [5, 5.41) is 0. The van der Waals surface area contributed by atoms with Crippen LogP contribution in [0.15, 0.2) is 22.7 Å². The molecule has 0 spiro atoms. The molecule has 4 nitrogen and oxygen atoms in total. The molecule has 0 atom stereocenters. The maximum atomic E-state index is 13.2. The molecule has 0 bridgehead atoms. The number of benzene rings is 1. The number of halogens is 2. The molecule has 1 aromatic heterocycles. The summed E-state index contributed by atoms with van der Waals surface area (Å²) >= 11 is 8.02. The first kappa shape index (κ1) is 11.2. The molecule has 7 heteroatoms. The molecule has 0 amide bonds. The fraction of sp³-hybridized carbons (Fsp3) is 0. The highest BCUT2D eigenvalue weighted by molar-refractivity contribution is 9.10. The average molecular weight is 301 g/mol. The minimum atomic E-state index is -0.374. The Morgan fingerprint density at radius 3 is 2.69 bits per heavy atom. The molecule has 0 radical (unpaired) electrons. The number of hydrogen-bond acceptors (Lipinski definition) is 4. The van der Waals surface area contributed by atoms with Gasteiger partial charge in [-0.15, -0.1) is 0 Å². The Bertz CT molecular complexity index is 578. The van der Waals surface area contributed by atoms with Gasteiger partial charge in [0.15, 0.2) is 0 Å². The van der Waals surface area contributed by atoms with Crippen LogP contribution in [-0.4, -0.2) is 15.0 Å². The van der Waals surface area contributed by atoms with Crippen molar-refractivity contribution < 1.29 is 4.39 Å². The van der Waals surface area contributed by atoms with E-state index in [1.165, 1.54) is 12.1 Å². The van der Waals surface area contributed by atoms with Crippen molar-refractivity contribution in [3.8, 4) is 11.4 Å². The van der Waals surface area contributed by atoms with Gasteiger partial charge in [0.1, 0.15) is 11.6 Å². The Labute approximate surface area is 104 Å². The standard InChI is InChI=1S/C9H6BrFN4S/c10-5-1-4(2-6(11)3-5)7-13-8(12)15-9(16)14-7/h1-3H,(H3,12,13,14,15,16). The highest BCUT2D eigenvalue weighted by Crippen LogP contribution is 2.21. The monoisotopic (exact) mass is 300 g/mol. The Kier molecular flexibility index (Phi) is 2.97. The number of aromatic nitrogens is 3. The first-order valence-electron chi connectivity index (χ1n) is 4.25. The van der Waals surface area contributed by atoms with Crippen LogP contribution in [0.4, 0.5) is 10.3 Å². The van der Waals surface area contributed by atoms with Crippen molar-refractivity contribution in [2.24, 2.45) is 0 Å². The molecule has 1 heterocycles. The Morgan fingerprint density at radius 2 is 2.06 bits per heavy atom. The number of anilines is 1. The summed E-state index contributed by atoms with van der Waals surface area (Å²) in [5.41, 5.74) is 6.04. The van der Waals surface area contributed by atoms with Crippen molar-refractivity contribution in [2.75, 3.05) is 5.73 Å². The van der Waals surface area contributed by atoms with Crippen molar-refractivity contribution in [3.63, 3.8) is 0 Å². The minimum Gasteiger partial charge on any atom is -0.369 e. The third-order valence-corrected chi connectivity index (χ3v) is 2.45. The summed E-state index contributed by atoms with van der Waals surface area (Å²) in [6.45, 7) is 0. The highest BCUT2D eigenvalue weighted by atomic mass is 79.9. The van der Waals surface area contributed by atoms with E-state index in [9.17, 15) is 4.39 Å². The summed E-state index contributed by atoms with van der Waals surface area (Å²) in [6, 6.07) is 4.39. The lowest BCUT2D eigenvalue weighted by molar-refractivity contribution is 0.627. The molecule has 0 saturated heterocycles. The van der Waals surface area contributed by atoms with Crippen LogP contribution in [0.5, 0.6) is 0 Å². The molecule has 1 aromatic carbocycles. The van der Waals surface area contributed by atoms with Gasteiger partial charge in [-0.05, 0) is 30.4 Å². The van der Waals surface area contributed by atoms with Crippen molar-refractivity contribution in [3.05, 3.63) is 33.3 Å². The van der Waals surface area contributed by atoms with E-state index in [0.717, 1.165) is 0 Å². The van der Waals surface area contributed by atoms with Gasteiger partial charge in [-0.1, -0.05) is 15.9 Å². The van der Waals surface area contributed by atoms with E-state index in [1.54, 1.807) is 6.07 Å². The van der Waals surface area contributed by atoms with Gasteiger partial charge in [0.05, 0.1) is 0 Å². The Balaban J connectivity index is 2.62. The number of nitrogens with two attached hydrogens (primary N) is 1. The van der Waals surface area contributed by atoms with E-state index in [1.807, 2.05) is 0 Å². The topological polar surface area (TPSA) is 67.6 Å². The van der Waals surface area contributed by atoms with E-state index in [2.05, 4.69) is 30.9 Å². The van der Waals surface area contributed by atoms with Gasteiger partial charge in [0.2, 0.25) is 10.7 Å². The smallest absolute Gasteiger partial charge is 0.224 e. The van der Waals surface area contributed by atoms with Crippen LogP contribution in [0.3, 0.4) is 0 Å². The molecule has 82 valence electrons. The molecule has 3 N–H and O–H groups in total. The molecule has 0 saturated carbocycles. The first-order valence-corrected chi connectivity index (χ1v) is 5.45. The highest BCUT2D eigenvalue weighted by Gasteiger charge is 2.05. The number of H-pyrrole nitrogens is 1. The SMILES string of the molecule is Nc1nc(=S)nc(-c2cc(F)cc(Br)c2)[nH]1. The molecule has 0 fully saturated rings. The number of nitrogens with one attached hydrogen (secondary N) is 1. The van der Waals surface area contributed by atoms with Crippen molar-refractivity contribution >= 4 is 34.1 Å². The largest absolute Gasteiger partial charge is 0.369 e. The van der Waals surface area contributed by atoms with E-state index in [0.29, 0.717) is 15.9 Å². The van der Waals surface area contributed by atoms with Crippen molar-refractivity contribution in [2.45, 2.75) is 0 Å². The van der Waals surface area contributed by atoms with E-state index >= 15 is 0 Å². The van der Waals surface area contributed by atoms with Crippen LogP contribution in [0.1, 0.15) is 0 Å². The van der Waals surface area contributed by atoms with Gasteiger partial charge in [-0.3, -0.25) is 0 Å². The maximum absolute atomic E-state index is 13.2. The Morgan fingerprint density at radius 1 is 1.31 bits per heavy atom. The second kappa shape index (κ2) is 4.26. The number of hydrogen-bond donors (Lipinski definition) is 2. The van der Waals surface area contributed by atoms with E-state index in [-0.39, 0.29) is 16.5 Å². The van der Waals surface area contributed by atoms with Crippen LogP contribution in [0.2, 0.25) is 0 Å². The Hall–Kier alpha value is -1.34. The zero-order chi connectivity index (χ0) is 11.7. The molecule has 16 heavy (non-hydrogen) atoms. The maximum Gasteiger partial charge on any atom is 0.224 e. The van der Waals surface area contributed by atoms with Crippen LogP contribution in [-0.2, 0) is 0 Å². The number of rotatable bonds is 1. The van der Waals surface area contributed by atoms with Crippen LogP contribution < -0.4 is 5.73 Å². The minimum absolute atomic E-state index is 0.117. The second-order valence-corrected chi connectivity index (χ2v) is 4.30. The summed E-state index contributed by atoms with van der Waals surface area (Å²) in [6.07, 6.45) is 0. The number of nitrogens with zero attached hydrogens (tertiary/aromatic N) is 2. The van der Waals surface area contributed by atoms with E-state index < -0.39 is 0 Å². The molecular weight excluding hydrogens is 295 g/mol. The zero-order valence-electron chi connectivity index (χ0n) is 7.87. The predicted octanol–water partition coefficient (Wildman–Crippen LogP) is 2.68. The quantitative estimate of drug-likeness (QED) is 0.795. The van der Waals surface area contributed by atoms with Gasteiger partial charge in [0, 0.05) is 10.0 Å². The summed E-state index contributed by atoms with van der Waals surface area (Å²) in [5.74, 6) is 0.161. The lowest BCUT2D eigenvalue weighted by Crippen LogP contribution is -2.00. The molecule has 2 aromatic rings. The summed E-state index contributed by atoms with van der Waals surface area (Å²) in [7, 11) is 0. The fourth-order valence-corrected chi connectivity index (χ4v) is 1.88. The fourth-order valence-electron chi connectivity index (χ4n) is 1.23. The summed E-state index contributed by atoms with van der Waals surface area (Å²) in [4.78, 5) is 10.4. The van der Waals surface area contributed by atoms with Crippen LogP contribution in [0, 0.1) is 10.6 Å². The molecule has 0 aliphatic rings. The van der Waals surface area contributed by atoms with Crippen molar-refractivity contribution in [1.29, 1.82) is 0 Å². The molecule has 0 aliphatic heterocycles. The second-order valence-electron chi connectivity index (χ2n) is 3.02.